The van der Waals surface area contributed by atoms with Gasteiger partial charge in [0.2, 0.25) is 5.91 Å². The summed E-state index contributed by atoms with van der Waals surface area (Å²) in [6.45, 7) is 1.11. The van der Waals surface area contributed by atoms with Crippen molar-refractivity contribution in [2.75, 3.05) is 13.1 Å². The zero-order chi connectivity index (χ0) is 15.4. The van der Waals surface area contributed by atoms with Crippen LogP contribution in [0.5, 0.6) is 0 Å². The maximum Gasteiger partial charge on any atom is 0.305 e. The number of piperazine rings is 1. The first kappa shape index (κ1) is 14.9. The number of amides is 1. The Bertz CT molecular complexity index is 612. The molecule has 21 heavy (non-hydrogen) atoms. The molecule has 2 rings (SSSR count). The minimum Gasteiger partial charge on any atom is -0.481 e. The standard InChI is InChI=1S/C14H14FN3O3/c15-11-4-9(7-16)3-10(5-11)8-18-2-1-17-14(21)12(18)6-13(19)20/h3-5,12H,1-2,6,8H2,(H,17,21)(H,19,20). The zero-order valence-corrected chi connectivity index (χ0v) is 11.2. The summed E-state index contributed by atoms with van der Waals surface area (Å²) in [7, 11) is 0. The smallest absolute Gasteiger partial charge is 0.305 e. The number of carbonyl (C=O) groups is 2. The second kappa shape index (κ2) is 6.33. The van der Waals surface area contributed by atoms with E-state index in [9.17, 15) is 14.0 Å². The third-order valence-electron chi connectivity index (χ3n) is 3.28. The quantitative estimate of drug-likeness (QED) is 0.841. The van der Waals surface area contributed by atoms with Gasteiger partial charge >= 0.3 is 5.97 Å². The normalized spacial score (nSPS) is 18.9. The Morgan fingerprint density at radius 2 is 2.29 bits per heavy atom. The van der Waals surface area contributed by atoms with Crippen molar-refractivity contribution in [1.29, 1.82) is 5.26 Å². The van der Waals surface area contributed by atoms with Crippen LogP contribution in [0, 0.1) is 17.1 Å². The Labute approximate surface area is 120 Å². The number of benzene rings is 1. The van der Waals surface area contributed by atoms with E-state index >= 15 is 0 Å². The molecule has 2 N–H and O–H groups in total. The van der Waals surface area contributed by atoms with Gasteiger partial charge in [0.15, 0.2) is 0 Å². The van der Waals surface area contributed by atoms with E-state index in [2.05, 4.69) is 5.32 Å². The van der Waals surface area contributed by atoms with Gasteiger partial charge in [-0.1, -0.05) is 0 Å². The molecule has 0 aromatic heterocycles. The lowest BCUT2D eigenvalue weighted by Crippen LogP contribution is -2.55. The van der Waals surface area contributed by atoms with Crippen LogP contribution in [0.25, 0.3) is 0 Å². The van der Waals surface area contributed by atoms with Crippen molar-refractivity contribution in [3.63, 3.8) is 0 Å². The lowest BCUT2D eigenvalue weighted by atomic mass is 10.1. The number of rotatable bonds is 4. The molecule has 0 saturated carbocycles. The van der Waals surface area contributed by atoms with Gasteiger partial charge in [0.05, 0.1) is 18.1 Å². The van der Waals surface area contributed by atoms with E-state index in [0.29, 0.717) is 18.7 Å². The summed E-state index contributed by atoms with van der Waals surface area (Å²) >= 11 is 0. The molecule has 6 nitrogen and oxygen atoms in total. The van der Waals surface area contributed by atoms with Gasteiger partial charge in [0.1, 0.15) is 11.9 Å². The molecule has 0 bridgehead atoms. The van der Waals surface area contributed by atoms with E-state index in [1.807, 2.05) is 6.07 Å². The van der Waals surface area contributed by atoms with E-state index in [1.54, 1.807) is 4.90 Å². The van der Waals surface area contributed by atoms with E-state index in [-0.39, 0.29) is 24.4 Å². The Kier molecular flexibility index (Phi) is 4.50. The number of halogens is 1. The molecule has 1 heterocycles. The summed E-state index contributed by atoms with van der Waals surface area (Å²) in [6.07, 6.45) is -0.313. The second-order valence-electron chi connectivity index (χ2n) is 4.84. The van der Waals surface area contributed by atoms with Crippen molar-refractivity contribution in [3.05, 3.63) is 35.1 Å². The van der Waals surface area contributed by atoms with Crippen LogP contribution in [0.3, 0.4) is 0 Å². The molecule has 1 aromatic rings. The van der Waals surface area contributed by atoms with Crippen molar-refractivity contribution in [1.82, 2.24) is 10.2 Å². The molecule has 1 fully saturated rings. The molecule has 1 aliphatic rings. The number of hydrogen-bond donors (Lipinski definition) is 2. The van der Waals surface area contributed by atoms with E-state index < -0.39 is 17.8 Å². The van der Waals surface area contributed by atoms with Gasteiger partial charge in [0.25, 0.3) is 0 Å². The Hall–Kier alpha value is -2.46. The molecular formula is C14H14FN3O3. The van der Waals surface area contributed by atoms with Gasteiger partial charge in [-0.3, -0.25) is 14.5 Å². The predicted molar refractivity (Wildman–Crippen MR) is 70.6 cm³/mol. The Morgan fingerprint density at radius 3 is 2.95 bits per heavy atom. The highest BCUT2D eigenvalue weighted by Gasteiger charge is 2.31. The van der Waals surface area contributed by atoms with E-state index in [4.69, 9.17) is 10.4 Å². The van der Waals surface area contributed by atoms with Gasteiger partial charge in [0, 0.05) is 19.6 Å². The summed E-state index contributed by atoms with van der Waals surface area (Å²) < 4.78 is 13.4. The predicted octanol–water partition coefficient (Wildman–Crippen LogP) is 0.472. The number of carbonyl (C=O) groups excluding carboxylic acids is 1. The maximum atomic E-state index is 13.4. The molecule has 0 aliphatic carbocycles. The molecule has 1 atom stereocenters. The van der Waals surface area contributed by atoms with Crippen LogP contribution < -0.4 is 5.32 Å². The SMILES string of the molecule is N#Cc1cc(F)cc(CN2CCNC(=O)C2CC(=O)O)c1. The van der Waals surface area contributed by atoms with Gasteiger partial charge in [-0.05, 0) is 23.8 Å². The average Bonchev–Trinajstić information content (AvgIpc) is 2.41. The van der Waals surface area contributed by atoms with E-state index in [1.165, 1.54) is 12.1 Å². The molecular weight excluding hydrogens is 277 g/mol. The molecule has 1 unspecified atom stereocenters. The van der Waals surface area contributed by atoms with Crippen LogP contribution in [-0.2, 0) is 16.1 Å². The van der Waals surface area contributed by atoms with Crippen LogP contribution in [0.4, 0.5) is 4.39 Å². The third kappa shape index (κ3) is 3.77. The molecule has 0 radical (unpaired) electrons. The molecule has 0 spiro atoms. The van der Waals surface area contributed by atoms with Crippen LogP contribution in [0.1, 0.15) is 17.5 Å². The third-order valence-corrected chi connectivity index (χ3v) is 3.28. The number of aliphatic carboxylic acids is 1. The summed E-state index contributed by atoms with van der Waals surface area (Å²) in [5.74, 6) is -1.94. The first-order valence-corrected chi connectivity index (χ1v) is 6.42. The van der Waals surface area contributed by atoms with Crippen LogP contribution in [0.15, 0.2) is 18.2 Å². The van der Waals surface area contributed by atoms with Gasteiger partial charge in [-0.25, -0.2) is 4.39 Å². The van der Waals surface area contributed by atoms with Gasteiger partial charge in [-0.15, -0.1) is 0 Å². The fourth-order valence-corrected chi connectivity index (χ4v) is 2.38. The first-order valence-electron chi connectivity index (χ1n) is 6.42. The molecule has 1 saturated heterocycles. The monoisotopic (exact) mass is 291 g/mol. The van der Waals surface area contributed by atoms with Crippen molar-refractivity contribution in [2.24, 2.45) is 0 Å². The Balaban J connectivity index is 2.19. The summed E-state index contributed by atoms with van der Waals surface area (Å²) in [5, 5.41) is 20.3. The highest BCUT2D eigenvalue weighted by molar-refractivity contribution is 5.86. The lowest BCUT2D eigenvalue weighted by Gasteiger charge is -2.34. The molecule has 1 amide bonds. The van der Waals surface area contributed by atoms with Crippen molar-refractivity contribution < 1.29 is 19.1 Å². The fraction of sp³-hybridized carbons (Fsp3) is 0.357. The second-order valence-corrected chi connectivity index (χ2v) is 4.84. The van der Waals surface area contributed by atoms with Crippen LogP contribution >= 0.6 is 0 Å². The van der Waals surface area contributed by atoms with Crippen molar-refractivity contribution >= 4 is 11.9 Å². The molecule has 110 valence electrons. The highest BCUT2D eigenvalue weighted by Crippen LogP contribution is 2.16. The summed E-state index contributed by atoms with van der Waals surface area (Å²) in [5.41, 5.74) is 0.734. The largest absolute Gasteiger partial charge is 0.481 e. The topological polar surface area (TPSA) is 93.4 Å². The van der Waals surface area contributed by atoms with Crippen LogP contribution in [-0.4, -0.2) is 41.0 Å². The fourth-order valence-electron chi connectivity index (χ4n) is 2.38. The van der Waals surface area contributed by atoms with Crippen LogP contribution in [0.2, 0.25) is 0 Å². The summed E-state index contributed by atoms with van der Waals surface area (Å²) in [4.78, 5) is 24.3. The Morgan fingerprint density at radius 1 is 1.52 bits per heavy atom. The number of nitrogens with one attached hydrogen (secondary N) is 1. The maximum absolute atomic E-state index is 13.4. The number of carboxylic acid groups (broad SMARTS) is 1. The number of hydrogen-bond acceptors (Lipinski definition) is 4. The summed E-state index contributed by atoms with van der Waals surface area (Å²) in [6, 6.07) is 5.02. The van der Waals surface area contributed by atoms with Gasteiger partial charge in [-0.2, -0.15) is 5.26 Å². The first-order chi connectivity index (χ1) is 9.99. The minimum atomic E-state index is -1.07. The molecule has 1 aromatic carbocycles. The highest BCUT2D eigenvalue weighted by atomic mass is 19.1. The van der Waals surface area contributed by atoms with E-state index in [0.717, 1.165) is 6.07 Å². The number of carboxylic acids is 1. The lowest BCUT2D eigenvalue weighted by molar-refractivity contribution is -0.143. The average molecular weight is 291 g/mol. The van der Waals surface area contributed by atoms with Crippen molar-refractivity contribution in [2.45, 2.75) is 19.0 Å². The van der Waals surface area contributed by atoms with Gasteiger partial charge < -0.3 is 10.4 Å². The number of nitrogens with zero attached hydrogens (tertiary/aromatic N) is 2. The number of nitriles is 1. The zero-order valence-electron chi connectivity index (χ0n) is 11.2. The van der Waals surface area contributed by atoms with Crippen molar-refractivity contribution in [3.8, 4) is 6.07 Å². The minimum absolute atomic E-state index is 0.196. The molecule has 7 heteroatoms. The molecule has 1 aliphatic heterocycles.